The zero-order chi connectivity index (χ0) is 59.9. The average Bonchev–Trinajstić information content (AvgIpc) is 3.50. The van der Waals surface area contributed by atoms with Crippen molar-refractivity contribution < 1.29 is 28.6 Å². The molecule has 0 heterocycles. The summed E-state index contributed by atoms with van der Waals surface area (Å²) in [6, 6.07) is 0. The predicted molar refractivity (Wildman–Crippen MR) is 362 cm³/mol. The number of hydrogen-bond acceptors (Lipinski definition) is 6. The third-order valence-corrected chi connectivity index (χ3v) is 15.6. The van der Waals surface area contributed by atoms with Gasteiger partial charge in [-0.05, 0) is 96.3 Å². The van der Waals surface area contributed by atoms with E-state index in [4.69, 9.17) is 14.2 Å². The van der Waals surface area contributed by atoms with Gasteiger partial charge in [-0.2, -0.15) is 0 Å². The molecule has 0 aromatic rings. The Hall–Kier alpha value is -3.67. The van der Waals surface area contributed by atoms with E-state index in [2.05, 4.69) is 118 Å². The maximum Gasteiger partial charge on any atom is 0.306 e. The first-order valence-electron chi connectivity index (χ1n) is 35.7. The van der Waals surface area contributed by atoms with Crippen LogP contribution in [0.2, 0.25) is 0 Å². The highest BCUT2D eigenvalue weighted by molar-refractivity contribution is 5.71. The minimum Gasteiger partial charge on any atom is -0.462 e. The summed E-state index contributed by atoms with van der Waals surface area (Å²) in [6.45, 7) is 6.46. The van der Waals surface area contributed by atoms with E-state index in [0.29, 0.717) is 19.3 Å². The van der Waals surface area contributed by atoms with E-state index in [9.17, 15) is 14.4 Å². The third-order valence-electron chi connectivity index (χ3n) is 15.6. The normalized spacial score (nSPS) is 12.7. The molecule has 0 aliphatic rings. The Morgan fingerprint density at radius 1 is 0.253 bits per heavy atom. The molecule has 0 N–H and O–H groups in total. The van der Waals surface area contributed by atoms with Crippen LogP contribution >= 0.6 is 0 Å². The van der Waals surface area contributed by atoms with Gasteiger partial charge in [0.1, 0.15) is 13.2 Å². The van der Waals surface area contributed by atoms with Gasteiger partial charge in [-0.15, -0.1) is 0 Å². The lowest BCUT2D eigenvalue weighted by Crippen LogP contribution is -2.30. The molecule has 478 valence electrons. The zero-order valence-corrected chi connectivity index (χ0v) is 54.9. The van der Waals surface area contributed by atoms with Crippen LogP contribution < -0.4 is 0 Å². The van der Waals surface area contributed by atoms with Crippen molar-refractivity contribution in [1.82, 2.24) is 0 Å². The molecule has 0 saturated heterocycles. The fraction of sp³-hybridized carbons (Fsp3) is 0.753. The quantitative estimate of drug-likeness (QED) is 0.0261. The largest absolute Gasteiger partial charge is 0.462 e. The Balaban J connectivity index is 4.36. The molecule has 0 saturated carbocycles. The summed E-state index contributed by atoms with van der Waals surface area (Å²) in [5, 5.41) is 0. The highest BCUT2D eigenvalue weighted by Gasteiger charge is 2.19. The maximum absolute atomic E-state index is 13.0. The van der Waals surface area contributed by atoms with Gasteiger partial charge in [-0.25, -0.2) is 0 Å². The van der Waals surface area contributed by atoms with Gasteiger partial charge in [0.15, 0.2) is 6.10 Å². The number of ether oxygens (including phenoxy) is 3. The fourth-order valence-electron chi connectivity index (χ4n) is 10.3. The second-order valence-corrected chi connectivity index (χ2v) is 23.7. The molecular weight excluding hydrogens is 1020 g/mol. The fourth-order valence-corrected chi connectivity index (χ4v) is 10.3. The van der Waals surface area contributed by atoms with Crippen LogP contribution in [0.4, 0.5) is 0 Å². The molecule has 0 aromatic heterocycles. The van der Waals surface area contributed by atoms with E-state index >= 15 is 0 Å². The summed E-state index contributed by atoms with van der Waals surface area (Å²) in [4.78, 5) is 38.5. The molecule has 6 nitrogen and oxygen atoms in total. The van der Waals surface area contributed by atoms with E-state index < -0.39 is 6.10 Å². The highest BCUT2D eigenvalue weighted by Crippen LogP contribution is 2.18. The first kappa shape index (κ1) is 79.3. The molecule has 0 aliphatic heterocycles. The molecule has 0 rings (SSSR count). The van der Waals surface area contributed by atoms with Crippen LogP contribution in [0.1, 0.15) is 355 Å². The topological polar surface area (TPSA) is 78.9 Å². The number of hydrogen-bond donors (Lipinski definition) is 0. The number of rotatable bonds is 65. The van der Waals surface area contributed by atoms with Crippen molar-refractivity contribution in [2.24, 2.45) is 0 Å². The van der Waals surface area contributed by atoms with Crippen LogP contribution in [-0.4, -0.2) is 37.2 Å². The van der Waals surface area contributed by atoms with E-state index in [1.807, 2.05) is 0 Å². The molecule has 0 amide bonds. The van der Waals surface area contributed by atoms with Crippen LogP contribution in [0.5, 0.6) is 0 Å². The average molecular weight is 1160 g/mol. The molecule has 0 radical (unpaired) electrons. The molecule has 0 aliphatic carbocycles. The molecule has 1 atom stereocenters. The van der Waals surface area contributed by atoms with E-state index in [-0.39, 0.29) is 31.1 Å². The molecule has 1 unspecified atom stereocenters. The number of carbonyl (C=O) groups excluding carboxylic acids is 3. The Bertz CT molecular complexity index is 1610. The number of allylic oxidation sites excluding steroid dienone is 16. The second-order valence-electron chi connectivity index (χ2n) is 23.7. The smallest absolute Gasteiger partial charge is 0.306 e. The zero-order valence-electron chi connectivity index (χ0n) is 54.9. The first-order valence-corrected chi connectivity index (χ1v) is 35.7. The van der Waals surface area contributed by atoms with Gasteiger partial charge in [-0.1, -0.05) is 336 Å². The number of carbonyl (C=O) groups is 3. The first-order chi connectivity index (χ1) is 41.0. The molecule has 0 fully saturated rings. The number of unbranched alkanes of at least 4 members (excludes halogenated alkanes) is 38. The second kappa shape index (κ2) is 70.8. The Morgan fingerprint density at radius 3 is 0.735 bits per heavy atom. The van der Waals surface area contributed by atoms with Crippen molar-refractivity contribution >= 4 is 17.9 Å². The van der Waals surface area contributed by atoms with Crippen molar-refractivity contribution in [2.45, 2.75) is 361 Å². The van der Waals surface area contributed by atoms with Crippen LogP contribution in [0.25, 0.3) is 0 Å². The van der Waals surface area contributed by atoms with Crippen molar-refractivity contribution in [3.8, 4) is 0 Å². The van der Waals surface area contributed by atoms with Crippen LogP contribution in [-0.2, 0) is 28.6 Å². The lowest BCUT2D eigenvalue weighted by molar-refractivity contribution is -0.167. The molecule has 0 bridgehead atoms. The summed E-state index contributed by atoms with van der Waals surface area (Å²) in [5.74, 6) is -0.867. The van der Waals surface area contributed by atoms with Gasteiger partial charge in [0, 0.05) is 19.3 Å². The van der Waals surface area contributed by atoms with E-state index in [1.165, 1.54) is 199 Å². The SMILES string of the molecule is CC/C=C\C/C=C\C/C=C\C/C=C\CCCCCCCCCCCCCCC(=O)OCC(COC(=O)CCCCCCCCCCCCCCCCCCCCC)OC(=O)CCCCCCCCCC/C=C\C/C=C\C/C=C\C/C=C\CC. The van der Waals surface area contributed by atoms with Crippen molar-refractivity contribution in [3.63, 3.8) is 0 Å². The molecule has 0 aromatic carbocycles. The monoisotopic (exact) mass is 1160 g/mol. The minimum atomic E-state index is -0.784. The van der Waals surface area contributed by atoms with Crippen LogP contribution in [0.3, 0.4) is 0 Å². The molecule has 83 heavy (non-hydrogen) atoms. The third kappa shape index (κ3) is 69.0. The predicted octanol–water partition coefficient (Wildman–Crippen LogP) is 24.8. The van der Waals surface area contributed by atoms with E-state index in [1.54, 1.807) is 0 Å². The van der Waals surface area contributed by atoms with Gasteiger partial charge in [0.2, 0.25) is 0 Å². The maximum atomic E-state index is 13.0. The Morgan fingerprint density at radius 2 is 0.470 bits per heavy atom. The molecule has 0 spiro atoms. The Kier molecular flexibility index (Phi) is 67.7. The minimum absolute atomic E-state index is 0.0774. The summed E-state index contributed by atoms with van der Waals surface area (Å²) < 4.78 is 17.0. The lowest BCUT2D eigenvalue weighted by Gasteiger charge is -2.18. The molecule has 6 heteroatoms. The van der Waals surface area contributed by atoms with Crippen molar-refractivity contribution in [2.75, 3.05) is 13.2 Å². The van der Waals surface area contributed by atoms with Gasteiger partial charge in [0.25, 0.3) is 0 Å². The van der Waals surface area contributed by atoms with E-state index in [0.717, 1.165) is 116 Å². The summed E-state index contributed by atoms with van der Waals surface area (Å²) in [6.07, 6.45) is 95.7. The van der Waals surface area contributed by atoms with Crippen LogP contribution in [0, 0.1) is 0 Å². The standard InChI is InChI=1S/C77H134O6/c1-4-7-10-13-16-19-22-25-28-31-34-36-37-38-39-41-43-46-49-52-55-58-61-64-67-70-76(79)82-73-74(72-81-75(78)69-66-63-60-57-54-51-48-45-42-33-30-27-24-21-18-15-12-9-6-3)83-77(80)71-68-65-62-59-56-53-50-47-44-40-35-32-29-26-23-20-17-14-11-8-5-2/h7-8,10-11,16-17,19-20,25-26,28-29,34-36,40,74H,4-6,9,12-15,18,21-24,27,30-33,37-39,41-73H2,1-3H3/b10-7-,11-8-,19-16-,20-17-,28-25-,29-26-,36-34-,40-35-. The molecular formula is C77H134O6. The van der Waals surface area contributed by atoms with Gasteiger partial charge in [0.05, 0.1) is 0 Å². The van der Waals surface area contributed by atoms with Crippen LogP contribution in [0.15, 0.2) is 97.2 Å². The summed E-state index contributed by atoms with van der Waals surface area (Å²) in [5.41, 5.74) is 0. The number of esters is 3. The lowest BCUT2D eigenvalue weighted by atomic mass is 10.0. The van der Waals surface area contributed by atoms with Gasteiger partial charge in [-0.3, -0.25) is 14.4 Å². The van der Waals surface area contributed by atoms with Crippen molar-refractivity contribution in [1.29, 1.82) is 0 Å². The van der Waals surface area contributed by atoms with Crippen molar-refractivity contribution in [3.05, 3.63) is 97.2 Å². The highest BCUT2D eigenvalue weighted by atomic mass is 16.6. The van der Waals surface area contributed by atoms with Gasteiger partial charge >= 0.3 is 17.9 Å². The van der Waals surface area contributed by atoms with Gasteiger partial charge < -0.3 is 14.2 Å². The summed E-state index contributed by atoms with van der Waals surface area (Å²) >= 11 is 0. The Labute approximate surface area is 515 Å². The summed E-state index contributed by atoms with van der Waals surface area (Å²) in [7, 11) is 0.